The van der Waals surface area contributed by atoms with Crippen molar-refractivity contribution in [3.8, 4) is 28.6 Å². The highest BCUT2D eigenvalue weighted by Crippen LogP contribution is 2.48. The van der Waals surface area contributed by atoms with Crippen molar-refractivity contribution in [2.75, 3.05) is 20.3 Å². The summed E-state index contributed by atoms with van der Waals surface area (Å²) in [6.07, 6.45) is 1.93. The summed E-state index contributed by atoms with van der Waals surface area (Å²) in [6.45, 7) is 10.7. The van der Waals surface area contributed by atoms with Crippen LogP contribution in [-0.4, -0.2) is 41.4 Å². The molecule has 8 heteroatoms. The lowest BCUT2D eigenvalue weighted by atomic mass is 9.75. The van der Waals surface area contributed by atoms with E-state index in [0.717, 1.165) is 20.0 Å². The van der Waals surface area contributed by atoms with E-state index in [4.69, 9.17) is 14.2 Å². The topological polar surface area (TPSA) is 111 Å². The summed E-state index contributed by atoms with van der Waals surface area (Å²) < 4.78 is 16.7. The van der Waals surface area contributed by atoms with Gasteiger partial charge in [0.1, 0.15) is 17.2 Å². The molecule has 3 heterocycles. The molecule has 3 rings (SSSR count). The molecule has 2 N–H and O–H groups in total. The van der Waals surface area contributed by atoms with Crippen LogP contribution in [0.5, 0.6) is 17.2 Å². The third-order valence-electron chi connectivity index (χ3n) is 5.54. The van der Waals surface area contributed by atoms with Crippen molar-refractivity contribution in [2.45, 2.75) is 53.4 Å². The van der Waals surface area contributed by atoms with Gasteiger partial charge in [0, 0.05) is 17.5 Å². The number of hydrogen-bond acceptors (Lipinski definition) is 7. The van der Waals surface area contributed by atoms with E-state index < -0.39 is 22.8 Å². The normalized spacial score (nSPS) is 15.4. The summed E-state index contributed by atoms with van der Waals surface area (Å²) in [5.41, 5.74) is 0.266. The Morgan fingerprint density at radius 1 is 1.39 bits per heavy atom. The third-order valence-corrected chi connectivity index (χ3v) is 5.54. The summed E-state index contributed by atoms with van der Waals surface area (Å²) >= 11 is 0. The molecule has 0 fully saturated rings. The van der Waals surface area contributed by atoms with E-state index in [-0.39, 0.29) is 17.9 Å². The van der Waals surface area contributed by atoms with Crippen LogP contribution in [0.2, 0.25) is 0 Å². The van der Waals surface area contributed by atoms with E-state index >= 15 is 0 Å². The number of nitrogens with zero attached hydrogens (tertiary/aromatic N) is 1. The second-order valence-electron chi connectivity index (χ2n) is 8.81. The van der Waals surface area contributed by atoms with E-state index in [9.17, 15) is 14.7 Å². The van der Waals surface area contributed by atoms with E-state index in [1.54, 1.807) is 6.07 Å². The lowest BCUT2D eigenvalue weighted by Crippen LogP contribution is -2.27. The van der Waals surface area contributed by atoms with Crippen molar-refractivity contribution in [3.63, 3.8) is 0 Å². The van der Waals surface area contributed by atoms with Gasteiger partial charge >= 0.3 is 5.97 Å². The number of rotatable bonds is 5. The van der Waals surface area contributed by atoms with Crippen molar-refractivity contribution in [1.29, 1.82) is 0 Å². The number of aryl methyl sites for hydroxylation is 1. The highest BCUT2D eigenvalue weighted by molar-refractivity contribution is 5.93. The first-order valence-corrected chi connectivity index (χ1v) is 10.4. The van der Waals surface area contributed by atoms with Crippen molar-refractivity contribution < 1.29 is 24.1 Å². The van der Waals surface area contributed by atoms with Crippen molar-refractivity contribution in [2.24, 2.45) is 5.41 Å². The maximum absolute atomic E-state index is 12.7. The third kappa shape index (κ3) is 4.24. The number of unbranched alkanes of at least 4 members (excludes halogenated alkanes) is 1. The molecule has 0 saturated heterocycles. The lowest BCUT2D eigenvalue weighted by Gasteiger charge is -2.31. The van der Waals surface area contributed by atoms with Crippen molar-refractivity contribution >= 4 is 5.97 Å². The Hall–Kier alpha value is -3.03. The molecule has 0 saturated carbocycles. The quantitative estimate of drug-likeness (QED) is 0.546. The number of hydrogen-bond donors (Lipinski definition) is 2. The lowest BCUT2D eigenvalue weighted by molar-refractivity contribution is 0.0594. The molecule has 2 aromatic rings. The second-order valence-corrected chi connectivity index (χ2v) is 8.81. The highest BCUT2D eigenvalue weighted by atomic mass is 16.5. The van der Waals surface area contributed by atoms with Crippen LogP contribution in [0, 0.1) is 12.3 Å². The molecule has 0 amide bonds. The largest absolute Gasteiger partial charge is 0.506 e. The van der Waals surface area contributed by atoms with Crippen molar-refractivity contribution in [3.05, 3.63) is 33.2 Å². The van der Waals surface area contributed by atoms with Gasteiger partial charge in [-0.05, 0) is 18.8 Å². The molecule has 0 spiro atoms. The molecular weight excluding hydrogens is 400 g/mol. The number of methoxy groups -OCH3 is 1. The zero-order valence-corrected chi connectivity index (χ0v) is 18.9. The molecule has 0 radical (unpaired) electrons. The molecule has 31 heavy (non-hydrogen) atoms. The fourth-order valence-corrected chi connectivity index (χ4v) is 3.69. The predicted molar refractivity (Wildman–Crippen MR) is 116 cm³/mol. The first-order chi connectivity index (χ1) is 14.6. The smallest absolute Gasteiger partial charge is 0.347 e. The number of ether oxygens (including phenoxy) is 3. The van der Waals surface area contributed by atoms with Crippen LogP contribution in [0.25, 0.3) is 11.4 Å². The monoisotopic (exact) mass is 430 g/mol. The number of H-pyrrole nitrogens is 1. The molecule has 1 aliphatic heterocycles. The van der Waals surface area contributed by atoms with Gasteiger partial charge < -0.3 is 24.3 Å². The maximum Gasteiger partial charge on any atom is 0.347 e. The van der Waals surface area contributed by atoms with Gasteiger partial charge in [-0.15, -0.1) is 0 Å². The number of pyridine rings is 2. The minimum atomic E-state index is -0.900. The highest BCUT2D eigenvalue weighted by Gasteiger charge is 2.38. The Morgan fingerprint density at radius 3 is 2.71 bits per heavy atom. The fraction of sp³-hybridized carbons (Fsp3) is 0.522. The van der Waals surface area contributed by atoms with Crippen LogP contribution < -0.4 is 15.0 Å². The minimum absolute atomic E-state index is 0.225. The standard InChI is InChI=1S/C23H30N2O6/c1-7-8-9-30-14-10-15-18(24-12(14)2)19-16(13(11-31-15)23(3,4)5)20(26)17(21(27)25-19)22(28)29-6/h10,13H,7-9,11H2,1-6H3,(H2,25,26,27). The van der Waals surface area contributed by atoms with Crippen LogP contribution in [0.15, 0.2) is 10.9 Å². The number of carbonyl (C=O) groups excluding carboxylic acids is 1. The molecule has 8 nitrogen and oxygen atoms in total. The Kier molecular flexibility index (Phi) is 6.29. The number of aromatic amines is 1. The van der Waals surface area contributed by atoms with Gasteiger partial charge in [-0.3, -0.25) is 4.79 Å². The average Bonchev–Trinajstić information content (AvgIpc) is 2.85. The average molecular weight is 431 g/mol. The van der Waals surface area contributed by atoms with Gasteiger partial charge in [0.05, 0.1) is 31.7 Å². The summed E-state index contributed by atoms with van der Waals surface area (Å²) in [4.78, 5) is 32.3. The summed E-state index contributed by atoms with van der Waals surface area (Å²) in [5.74, 6) is -0.568. The number of fused-ring (bicyclic) bond motifs is 3. The Labute approximate surface area is 181 Å². The Balaban J connectivity index is 2.26. The van der Waals surface area contributed by atoms with Crippen LogP contribution in [-0.2, 0) is 4.74 Å². The SMILES string of the molecule is CCCCOc1cc2c(nc1C)-c1[nH]c(=O)c(C(=O)OC)c(O)c1C(C(C)(C)C)CO2. The van der Waals surface area contributed by atoms with Gasteiger partial charge in [0.15, 0.2) is 11.3 Å². The van der Waals surface area contributed by atoms with Crippen molar-refractivity contribution in [1.82, 2.24) is 9.97 Å². The minimum Gasteiger partial charge on any atom is -0.506 e. The van der Waals surface area contributed by atoms with Gasteiger partial charge in [-0.2, -0.15) is 0 Å². The van der Waals surface area contributed by atoms with Crippen LogP contribution in [0.1, 0.15) is 68.1 Å². The zero-order valence-electron chi connectivity index (χ0n) is 18.9. The summed E-state index contributed by atoms with van der Waals surface area (Å²) in [7, 11) is 1.16. The molecular formula is C23H30N2O6. The van der Waals surface area contributed by atoms with Crippen LogP contribution >= 0.6 is 0 Å². The molecule has 0 aliphatic carbocycles. The number of aromatic hydroxyl groups is 1. The zero-order chi connectivity index (χ0) is 22.9. The maximum atomic E-state index is 12.7. The van der Waals surface area contributed by atoms with E-state index in [1.807, 2.05) is 27.7 Å². The van der Waals surface area contributed by atoms with E-state index in [2.05, 4.69) is 16.9 Å². The molecule has 1 atom stereocenters. The summed E-state index contributed by atoms with van der Waals surface area (Å²) in [6, 6.07) is 1.77. The van der Waals surface area contributed by atoms with E-state index in [1.165, 1.54) is 0 Å². The van der Waals surface area contributed by atoms with Crippen LogP contribution in [0.3, 0.4) is 0 Å². The van der Waals surface area contributed by atoms with Crippen LogP contribution in [0.4, 0.5) is 0 Å². The molecule has 1 unspecified atom stereocenters. The Bertz CT molecular complexity index is 1050. The molecule has 168 valence electrons. The molecule has 1 aliphatic rings. The number of carbonyl (C=O) groups is 1. The molecule has 0 aromatic carbocycles. The van der Waals surface area contributed by atoms with Gasteiger partial charge in [-0.1, -0.05) is 34.1 Å². The summed E-state index contributed by atoms with van der Waals surface area (Å²) in [5, 5.41) is 11.0. The van der Waals surface area contributed by atoms with Gasteiger partial charge in [0.2, 0.25) is 0 Å². The number of esters is 1. The Morgan fingerprint density at radius 2 is 2.10 bits per heavy atom. The molecule has 2 aromatic heterocycles. The number of nitrogens with one attached hydrogen (secondary N) is 1. The molecule has 0 bridgehead atoms. The first kappa shape index (κ1) is 22.7. The predicted octanol–water partition coefficient (Wildman–Crippen LogP) is 3.94. The van der Waals surface area contributed by atoms with Gasteiger partial charge in [-0.25, -0.2) is 9.78 Å². The van der Waals surface area contributed by atoms with E-state index in [0.29, 0.717) is 40.8 Å². The fourth-order valence-electron chi connectivity index (χ4n) is 3.69. The second kappa shape index (κ2) is 8.61. The number of aromatic nitrogens is 2. The van der Waals surface area contributed by atoms with Gasteiger partial charge in [0.25, 0.3) is 5.56 Å². The first-order valence-electron chi connectivity index (χ1n) is 10.4.